The van der Waals surface area contributed by atoms with Crippen molar-refractivity contribution in [2.45, 2.75) is 32.9 Å². The lowest BCUT2D eigenvalue weighted by Crippen LogP contribution is -2.44. The van der Waals surface area contributed by atoms with Crippen molar-refractivity contribution in [1.29, 1.82) is 0 Å². The second-order valence-corrected chi connectivity index (χ2v) is 5.52. The average molecular weight is 303 g/mol. The molecule has 2 aromatic heterocycles. The lowest BCUT2D eigenvalue weighted by atomic mass is 10.1. The summed E-state index contributed by atoms with van der Waals surface area (Å²) in [5.74, 6) is -0.0582. The number of carbonyl (C=O) groups excluding carboxylic acids is 1. The molecule has 0 saturated carbocycles. The quantitative estimate of drug-likeness (QED) is 0.929. The van der Waals surface area contributed by atoms with E-state index in [0.717, 1.165) is 24.2 Å². The molecular formula is C15H21N5O2. The fourth-order valence-corrected chi connectivity index (χ4v) is 2.76. The summed E-state index contributed by atoms with van der Waals surface area (Å²) in [6.45, 7) is 6.46. The van der Waals surface area contributed by atoms with Gasteiger partial charge in [0.05, 0.1) is 31.1 Å². The number of nitrogens with zero attached hydrogens (tertiary/aromatic N) is 4. The molecule has 2 aromatic rings. The maximum atomic E-state index is 12.8. The van der Waals surface area contributed by atoms with Gasteiger partial charge in [0.25, 0.3) is 5.91 Å². The average Bonchev–Trinajstić information content (AvgIpc) is 3.16. The summed E-state index contributed by atoms with van der Waals surface area (Å²) in [6.07, 6.45) is 4.61. The van der Waals surface area contributed by atoms with Gasteiger partial charge >= 0.3 is 0 Å². The molecule has 7 heteroatoms. The van der Waals surface area contributed by atoms with Crippen molar-refractivity contribution >= 4 is 5.91 Å². The van der Waals surface area contributed by atoms with Crippen LogP contribution in [0.25, 0.3) is 0 Å². The molecule has 0 aliphatic carbocycles. The van der Waals surface area contributed by atoms with Crippen LogP contribution >= 0.6 is 0 Å². The molecule has 3 heterocycles. The van der Waals surface area contributed by atoms with Gasteiger partial charge in [-0.1, -0.05) is 6.92 Å². The lowest BCUT2D eigenvalue weighted by molar-refractivity contribution is -0.00442. The van der Waals surface area contributed by atoms with Crippen LogP contribution in [0.5, 0.6) is 0 Å². The predicted molar refractivity (Wildman–Crippen MR) is 80.4 cm³/mol. The zero-order valence-electron chi connectivity index (χ0n) is 13.0. The summed E-state index contributed by atoms with van der Waals surface area (Å²) in [5, 5.41) is 11.4. The van der Waals surface area contributed by atoms with E-state index in [9.17, 15) is 4.79 Å². The van der Waals surface area contributed by atoms with Gasteiger partial charge in [0, 0.05) is 19.3 Å². The van der Waals surface area contributed by atoms with Crippen LogP contribution in [-0.4, -0.2) is 50.5 Å². The molecule has 0 bridgehead atoms. The fourth-order valence-electron chi connectivity index (χ4n) is 2.76. The molecule has 1 saturated heterocycles. The first-order valence-electron chi connectivity index (χ1n) is 7.62. The van der Waals surface area contributed by atoms with Gasteiger partial charge in [-0.05, 0) is 25.0 Å². The molecule has 22 heavy (non-hydrogen) atoms. The highest BCUT2D eigenvalue weighted by molar-refractivity contribution is 5.92. The van der Waals surface area contributed by atoms with E-state index in [1.54, 1.807) is 12.3 Å². The predicted octanol–water partition coefficient (Wildman–Crippen LogP) is 1.54. The summed E-state index contributed by atoms with van der Waals surface area (Å²) in [5.41, 5.74) is 2.45. The van der Waals surface area contributed by atoms with Gasteiger partial charge in [-0.3, -0.25) is 14.6 Å². The smallest absolute Gasteiger partial charge is 0.275 e. The van der Waals surface area contributed by atoms with Crippen molar-refractivity contribution in [2.75, 3.05) is 19.8 Å². The number of rotatable bonds is 4. The number of aromatic amines is 1. The molecular weight excluding hydrogens is 282 g/mol. The summed E-state index contributed by atoms with van der Waals surface area (Å²) >= 11 is 0. The Hall–Kier alpha value is -2.15. The van der Waals surface area contributed by atoms with Gasteiger partial charge in [0.15, 0.2) is 0 Å². The third-order valence-electron chi connectivity index (χ3n) is 3.90. The van der Waals surface area contributed by atoms with E-state index in [1.165, 1.54) is 0 Å². The Morgan fingerprint density at radius 2 is 2.41 bits per heavy atom. The number of carbonyl (C=O) groups is 1. The number of hydrogen-bond donors (Lipinski definition) is 1. The second kappa shape index (κ2) is 6.31. The van der Waals surface area contributed by atoms with Gasteiger partial charge < -0.3 is 9.64 Å². The fraction of sp³-hybridized carbons (Fsp3) is 0.533. The second-order valence-electron chi connectivity index (χ2n) is 5.52. The summed E-state index contributed by atoms with van der Waals surface area (Å²) in [4.78, 5) is 14.6. The Bertz CT molecular complexity index is 648. The first-order valence-corrected chi connectivity index (χ1v) is 7.62. The third kappa shape index (κ3) is 2.76. The Labute approximate surface area is 129 Å². The summed E-state index contributed by atoms with van der Waals surface area (Å²) < 4.78 is 7.36. The molecule has 3 rings (SSSR count). The highest BCUT2D eigenvalue weighted by Crippen LogP contribution is 2.26. The largest absolute Gasteiger partial charge is 0.377 e. The minimum atomic E-state index is -0.139. The molecule has 118 valence electrons. The minimum absolute atomic E-state index is 0.0582. The van der Waals surface area contributed by atoms with Crippen LogP contribution in [0.2, 0.25) is 0 Å². The van der Waals surface area contributed by atoms with E-state index in [2.05, 4.69) is 22.2 Å². The van der Waals surface area contributed by atoms with Crippen molar-refractivity contribution in [3.8, 4) is 0 Å². The molecule has 7 nitrogen and oxygen atoms in total. The van der Waals surface area contributed by atoms with Crippen LogP contribution in [-0.2, 0) is 11.3 Å². The maximum absolute atomic E-state index is 12.8. The van der Waals surface area contributed by atoms with Crippen molar-refractivity contribution in [1.82, 2.24) is 24.9 Å². The van der Waals surface area contributed by atoms with E-state index in [4.69, 9.17) is 4.74 Å². The number of ether oxygens (including phenoxy) is 1. The third-order valence-corrected chi connectivity index (χ3v) is 3.90. The zero-order valence-corrected chi connectivity index (χ0v) is 13.0. The van der Waals surface area contributed by atoms with E-state index in [1.807, 2.05) is 22.7 Å². The number of aromatic nitrogens is 4. The number of H-pyrrole nitrogens is 1. The Balaban J connectivity index is 1.83. The van der Waals surface area contributed by atoms with Crippen molar-refractivity contribution < 1.29 is 9.53 Å². The minimum Gasteiger partial charge on any atom is -0.377 e. The highest BCUT2D eigenvalue weighted by atomic mass is 16.5. The first-order chi connectivity index (χ1) is 10.7. The van der Waals surface area contributed by atoms with Crippen LogP contribution < -0.4 is 0 Å². The molecule has 0 unspecified atom stereocenters. The molecule has 0 aromatic carbocycles. The van der Waals surface area contributed by atoms with Crippen molar-refractivity contribution in [2.24, 2.45) is 0 Å². The van der Waals surface area contributed by atoms with Crippen LogP contribution in [0.15, 0.2) is 18.5 Å². The molecule has 1 fully saturated rings. The van der Waals surface area contributed by atoms with E-state index >= 15 is 0 Å². The van der Waals surface area contributed by atoms with Crippen LogP contribution in [0.4, 0.5) is 0 Å². The molecule has 0 radical (unpaired) electrons. The number of hydrogen-bond acceptors (Lipinski definition) is 4. The highest BCUT2D eigenvalue weighted by Gasteiger charge is 2.32. The molecule has 0 spiro atoms. The van der Waals surface area contributed by atoms with Crippen molar-refractivity contribution in [3.63, 3.8) is 0 Å². The summed E-state index contributed by atoms with van der Waals surface area (Å²) in [6, 6.07) is 1.64. The number of aryl methyl sites for hydroxylation is 2. The van der Waals surface area contributed by atoms with Gasteiger partial charge in [-0.25, -0.2) is 0 Å². The Morgan fingerprint density at radius 3 is 3.14 bits per heavy atom. The molecule has 1 amide bonds. The monoisotopic (exact) mass is 303 g/mol. The number of morpholine rings is 1. The molecule has 1 aliphatic heterocycles. The van der Waals surface area contributed by atoms with Crippen molar-refractivity contribution in [3.05, 3.63) is 35.4 Å². The standard InChI is InChI=1S/C15H21N5O2/c1-3-5-19-6-4-12(18-19)15(21)20-7-8-22-10-13(20)14-11(2)9-16-17-14/h4,6,9,13H,3,5,7-8,10H2,1-2H3,(H,16,17)/t13-/m0/s1. The topological polar surface area (TPSA) is 76.0 Å². The summed E-state index contributed by atoms with van der Waals surface area (Å²) in [7, 11) is 0. The van der Waals surface area contributed by atoms with Crippen LogP contribution in [0, 0.1) is 6.92 Å². The molecule has 1 aliphatic rings. The molecule has 1 N–H and O–H groups in total. The molecule has 1 atom stereocenters. The number of nitrogens with one attached hydrogen (secondary N) is 1. The van der Waals surface area contributed by atoms with Gasteiger partial charge in [-0.2, -0.15) is 10.2 Å². The van der Waals surface area contributed by atoms with E-state index in [0.29, 0.717) is 25.5 Å². The first kappa shape index (κ1) is 14.8. The van der Waals surface area contributed by atoms with Crippen LogP contribution in [0.1, 0.15) is 41.1 Å². The SMILES string of the molecule is CCCn1ccc(C(=O)N2CCOC[C@H]2c2[nH]ncc2C)n1. The van der Waals surface area contributed by atoms with Gasteiger partial charge in [-0.15, -0.1) is 0 Å². The van der Waals surface area contributed by atoms with Gasteiger partial charge in [0.2, 0.25) is 0 Å². The number of amides is 1. The van der Waals surface area contributed by atoms with E-state index in [-0.39, 0.29) is 11.9 Å². The Morgan fingerprint density at radius 1 is 1.55 bits per heavy atom. The van der Waals surface area contributed by atoms with E-state index < -0.39 is 0 Å². The van der Waals surface area contributed by atoms with Gasteiger partial charge in [0.1, 0.15) is 5.69 Å². The maximum Gasteiger partial charge on any atom is 0.275 e. The zero-order chi connectivity index (χ0) is 15.5. The van der Waals surface area contributed by atoms with Crippen LogP contribution in [0.3, 0.4) is 0 Å². The normalized spacial score (nSPS) is 18.6. The lowest BCUT2D eigenvalue weighted by Gasteiger charge is -2.34. The Kier molecular flexibility index (Phi) is 4.24.